The van der Waals surface area contributed by atoms with Crippen molar-refractivity contribution in [2.75, 3.05) is 19.8 Å². The molecule has 0 aromatic carbocycles. The molecule has 11 nitrogen and oxygen atoms in total. The van der Waals surface area contributed by atoms with Crippen LogP contribution in [0.1, 0.15) is 174 Å². The average molecular weight is 876 g/mol. The summed E-state index contributed by atoms with van der Waals surface area (Å²) in [5.74, 6) is -2.50. The highest BCUT2D eigenvalue weighted by Gasteiger charge is 2.28. The first-order chi connectivity index (χ1) is 29.6. The molecule has 0 heterocycles. The fraction of sp³-hybridized carbons (Fsp3) is 0.653. The van der Waals surface area contributed by atoms with Crippen molar-refractivity contribution in [3.63, 3.8) is 0 Å². The van der Waals surface area contributed by atoms with Crippen LogP contribution >= 0.6 is 7.82 Å². The minimum absolute atomic E-state index is 0.0311. The SMILES string of the molecule is CC/C=C\C/C=C\C/C=C\C/C=C\C/C=C\C/C=C\CCC(=O)OC(COC(=O)CCCCCCCCC/C=C\CCCCCCCCC)COP(=O)(O)OCC(N)C(=O)O. The molecule has 0 spiro atoms. The van der Waals surface area contributed by atoms with Crippen LogP contribution in [0.5, 0.6) is 0 Å². The summed E-state index contributed by atoms with van der Waals surface area (Å²) in [7, 11) is -4.74. The Labute approximate surface area is 369 Å². The van der Waals surface area contributed by atoms with E-state index in [-0.39, 0.29) is 19.4 Å². The van der Waals surface area contributed by atoms with Crippen LogP contribution in [0.2, 0.25) is 0 Å². The quantitative estimate of drug-likeness (QED) is 0.0231. The van der Waals surface area contributed by atoms with Gasteiger partial charge in [0.1, 0.15) is 12.6 Å². The average Bonchev–Trinajstić information content (AvgIpc) is 3.24. The third-order valence-corrected chi connectivity index (χ3v) is 10.3. The maximum absolute atomic E-state index is 12.6. The fourth-order valence-electron chi connectivity index (χ4n) is 5.79. The Hall–Kier alpha value is -3.34. The van der Waals surface area contributed by atoms with Crippen LogP contribution in [0.25, 0.3) is 0 Å². The van der Waals surface area contributed by atoms with E-state index < -0.39 is 51.1 Å². The zero-order valence-electron chi connectivity index (χ0n) is 37.7. The van der Waals surface area contributed by atoms with Crippen molar-refractivity contribution in [2.24, 2.45) is 5.73 Å². The molecule has 12 heteroatoms. The Morgan fingerprint density at radius 2 is 0.951 bits per heavy atom. The molecule has 0 aliphatic carbocycles. The molecule has 4 N–H and O–H groups in total. The number of aliphatic carboxylic acids is 1. The summed E-state index contributed by atoms with van der Waals surface area (Å²) < 4.78 is 32.7. The van der Waals surface area contributed by atoms with Gasteiger partial charge in [0.25, 0.3) is 0 Å². The molecule has 0 aliphatic rings. The number of unbranched alkanes of at least 4 members (excludes halogenated alkanes) is 14. The lowest BCUT2D eigenvalue weighted by molar-refractivity contribution is -0.161. The molecule has 61 heavy (non-hydrogen) atoms. The zero-order chi connectivity index (χ0) is 44.9. The van der Waals surface area contributed by atoms with Gasteiger partial charge in [-0.2, -0.15) is 0 Å². The van der Waals surface area contributed by atoms with E-state index in [1.165, 1.54) is 70.6 Å². The summed E-state index contributed by atoms with van der Waals surface area (Å²) >= 11 is 0. The number of rotatable bonds is 42. The largest absolute Gasteiger partial charge is 0.480 e. The van der Waals surface area contributed by atoms with Crippen LogP contribution in [-0.2, 0) is 37.5 Å². The van der Waals surface area contributed by atoms with E-state index in [1.54, 1.807) is 0 Å². The standard InChI is InChI=1S/C49H82NO10P/c1-3-5-7-9-11-13-15-17-19-21-23-25-27-29-31-33-35-37-39-41-48(52)60-45(43-58-61(55,56)59-44-46(50)49(53)54)42-57-47(51)40-38-36-34-32-30-28-26-24-22-20-18-16-14-12-10-8-6-4-2/h5,7,11,13,17,19-20,22-23,25,29,31,35,37,45-46H,3-4,6,8-10,12,14-16,18,21,24,26-28,30,32-34,36,38-44,50H2,1-2H3,(H,53,54)(H,55,56)/b7-5-,13-11-,19-17-,22-20-,25-23-,31-29-,37-35-. The molecule has 0 bridgehead atoms. The Balaban J connectivity index is 4.46. The molecule has 0 amide bonds. The van der Waals surface area contributed by atoms with Crippen molar-refractivity contribution in [2.45, 2.75) is 187 Å². The molecule has 0 saturated carbocycles. The zero-order valence-corrected chi connectivity index (χ0v) is 38.6. The van der Waals surface area contributed by atoms with E-state index in [9.17, 15) is 23.8 Å². The summed E-state index contributed by atoms with van der Waals surface area (Å²) in [6.45, 7) is 2.60. The van der Waals surface area contributed by atoms with E-state index in [4.69, 9.17) is 24.8 Å². The van der Waals surface area contributed by atoms with Gasteiger partial charge in [-0.25, -0.2) is 4.57 Å². The second-order valence-corrected chi connectivity index (χ2v) is 16.6. The van der Waals surface area contributed by atoms with Gasteiger partial charge in [-0.15, -0.1) is 0 Å². The number of carbonyl (C=O) groups is 3. The Morgan fingerprint density at radius 3 is 1.44 bits per heavy atom. The number of hydrogen-bond acceptors (Lipinski definition) is 9. The van der Waals surface area contributed by atoms with E-state index in [0.717, 1.165) is 57.8 Å². The van der Waals surface area contributed by atoms with Gasteiger partial charge in [0.15, 0.2) is 6.10 Å². The molecule has 0 radical (unpaired) electrons. The molecule has 3 unspecified atom stereocenters. The number of carboxylic acid groups (broad SMARTS) is 1. The Bertz CT molecular complexity index is 1350. The lowest BCUT2D eigenvalue weighted by Gasteiger charge is -2.20. The molecule has 0 aromatic heterocycles. The Morgan fingerprint density at radius 1 is 0.525 bits per heavy atom. The van der Waals surface area contributed by atoms with Crippen LogP contribution in [-0.4, -0.2) is 59.9 Å². The third kappa shape index (κ3) is 43.1. The Kier molecular flexibility index (Phi) is 40.9. The van der Waals surface area contributed by atoms with Gasteiger partial charge in [-0.05, 0) is 77.0 Å². The number of ether oxygens (including phenoxy) is 2. The molecular formula is C49H82NO10P. The predicted octanol–water partition coefficient (Wildman–Crippen LogP) is 12.7. The van der Waals surface area contributed by atoms with Crippen LogP contribution in [0, 0.1) is 0 Å². The normalized spacial score (nSPS) is 14.4. The van der Waals surface area contributed by atoms with Gasteiger partial charge in [0, 0.05) is 12.8 Å². The molecule has 3 atom stereocenters. The number of carboxylic acids is 1. The van der Waals surface area contributed by atoms with Crippen molar-refractivity contribution in [1.29, 1.82) is 0 Å². The monoisotopic (exact) mass is 876 g/mol. The summed E-state index contributed by atoms with van der Waals surface area (Å²) in [5.41, 5.74) is 5.33. The fourth-order valence-corrected chi connectivity index (χ4v) is 6.57. The summed E-state index contributed by atoms with van der Waals surface area (Å²) in [4.78, 5) is 46.0. The molecule has 0 saturated heterocycles. The van der Waals surface area contributed by atoms with E-state index in [2.05, 4.69) is 85.2 Å². The molecule has 0 aromatic rings. The topological polar surface area (TPSA) is 172 Å². The van der Waals surface area contributed by atoms with E-state index >= 15 is 0 Å². The third-order valence-electron chi connectivity index (χ3n) is 9.39. The lowest BCUT2D eigenvalue weighted by Crippen LogP contribution is -2.34. The van der Waals surface area contributed by atoms with Crippen molar-refractivity contribution >= 4 is 25.7 Å². The first kappa shape index (κ1) is 57.7. The van der Waals surface area contributed by atoms with Crippen LogP contribution in [0.3, 0.4) is 0 Å². The predicted molar refractivity (Wildman–Crippen MR) is 249 cm³/mol. The second-order valence-electron chi connectivity index (χ2n) is 15.1. The van der Waals surface area contributed by atoms with Gasteiger partial charge in [-0.1, -0.05) is 170 Å². The lowest BCUT2D eigenvalue weighted by atomic mass is 10.1. The smallest absolute Gasteiger partial charge is 0.472 e. The van der Waals surface area contributed by atoms with Gasteiger partial charge >= 0.3 is 25.7 Å². The highest BCUT2D eigenvalue weighted by molar-refractivity contribution is 7.47. The summed E-state index contributed by atoms with van der Waals surface area (Å²) in [5, 5.41) is 8.90. The van der Waals surface area contributed by atoms with E-state index in [1.807, 2.05) is 18.2 Å². The number of nitrogens with two attached hydrogens (primary N) is 1. The highest BCUT2D eigenvalue weighted by Crippen LogP contribution is 2.43. The number of hydrogen-bond donors (Lipinski definition) is 3. The molecular weight excluding hydrogens is 794 g/mol. The molecule has 0 fully saturated rings. The number of esters is 2. The van der Waals surface area contributed by atoms with Gasteiger partial charge in [-0.3, -0.25) is 23.4 Å². The van der Waals surface area contributed by atoms with Crippen LogP contribution < -0.4 is 5.73 Å². The summed E-state index contributed by atoms with van der Waals surface area (Å²) in [6, 6.07) is -1.54. The first-order valence-electron chi connectivity index (χ1n) is 23.1. The maximum Gasteiger partial charge on any atom is 0.472 e. The summed E-state index contributed by atoms with van der Waals surface area (Å²) in [6.07, 6.45) is 53.8. The number of phosphoric acid groups is 1. The minimum atomic E-state index is -4.74. The van der Waals surface area contributed by atoms with Crippen molar-refractivity contribution in [1.82, 2.24) is 0 Å². The van der Waals surface area contributed by atoms with Crippen molar-refractivity contribution in [3.8, 4) is 0 Å². The molecule has 0 aliphatic heterocycles. The van der Waals surface area contributed by atoms with Gasteiger partial charge < -0.3 is 25.2 Å². The molecule has 0 rings (SSSR count). The van der Waals surface area contributed by atoms with Gasteiger partial charge in [0.05, 0.1) is 13.2 Å². The van der Waals surface area contributed by atoms with Crippen LogP contribution in [0.15, 0.2) is 85.1 Å². The van der Waals surface area contributed by atoms with Crippen molar-refractivity contribution < 1.29 is 47.5 Å². The first-order valence-corrected chi connectivity index (χ1v) is 24.6. The number of allylic oxidation sites excluding steroid dienone is 14. The van der Waals surface area contributed by atoms with E-state index in [0.29, 0.717) is 19.3 Å². The van der Waals surface area contributed by atoms with Gasteiger partial charge in [0.2, 0.25) is 0 Å². The number of phosphoric ester groups is 1. The number of carbonyl (C=O) groups excluding carboxylic acids is 2. The van der Waals surface area contributed by atoms with Crippen LogP contribution in [0.4, 0.5) is 0 Å². The highest BCUT2D eigenvalue weighted by atomic mass is 31.2. The minimum Gasteiger partial charge on any atom is -0.480 e. The molecule has 348 valence electrons. The second kappa shape index (κ2) is 43.3. The van der Waals surface area contributed by atoms with Crippen molar-refractivity contribution in [3.05, 3.63) is 85.1 Å². The maximum atomic E-state index is 12.6.